The number of imidazole rings is 1. The number of carbonyl (C=O) groups excluding carboxylic acids is 1. The number of benzene rings is 1. The first-order chi connectivity index (χ1) is 10.5. The van der Waals surface area contributed by atoms with Crippen molar-refractivity contribution in [1.29, 1.82) is 0 Å². The monoisotopic (exact) mass is 303 g/mol. The standard InChI is InChI=1S/C15H21N5O2/c1-9-18-13-12(19(9)2)6-5-11(16)14(13)20-7-3-4-10(8-20)22-15(17)21/h5-6,10H,3-4,7-8,16H2,1-2H3,(H2,17,21)/t10-/m1/s1. The molecule has 4 N–H and O–H groups in total. The average Bonchev–Trinajstić information content (AvgIpc) is 2.73. The summed E-state index contributed by atoms with van der Waals surface area (Å²) >= 11 is 0. The molecule has 0 spiro atoms. The van der Waals surface area contributed by atoms with Crippen LogP contribution in [-0.2, 0) is 11.8 Å². The van der Waals surface area contributed by atoms with E-state index in [4.69, 9.17) is 16.2 Å². The first-order valence-electron chi connectivity index (χ1n) is 7.40. The van der Waals surface area contributed by atoms with Gasteiger partial charge in [-0.1, -0.05) is 0 Å². The highest BCUT2D eigenvalue weighted by Gasteiger charge is 2.26. The van der Waals surface area contributed by atoms with Gasteiger partial charge in [-0.3, -0.25) is 0 Å². The van der Waals surface area contributed by atoms with Crippen LogP contribution >= 0.6 is 0 Å². The molecule has 0 bridgehead atoms. The lowest BCUT2D eigenvalue weighted by atomic mass is 10.1. The van der Waals surface area contributed by atoms with E-state index in [2.05, 4.69) is 9.88 Å². The van der Waals surface area contributed by atoms with Crippen LogP contribution in [0.25, 0.3) is 11.0 Å². The Morgan fingerprint density at radius 2 is 2.23 bits per heavy atom. The number of hydrogen-bond donors (Lipinski definition) is 2. The molecule has 0 unspecified atom stereocenters. The molecule has 2 heterocycles. The fraction of sp³-hybridized carbons (Fsp3) is 0.467. The summed E-state index contributed by atoms with van der Waals surface area (Å²) in [6, 6.07) is 3.88. The molecule has 0 radical (unpaired) electrons. The lowest BCUT2D eigenvalue weighted by molar-refractivity contribution is 0.0966. The van der Waals surface area contributed by atoms with Crippen LogP contribution in [0.5, 0.6) is 0 Å². The third-order valence-electron chi connectivity index (χ3n) is 4.26. The molecule has 118 valence electrons. The molecule has 1 aliphatic rings. The molecular formula is C15H21N5O2. The van der Waals surface area contributed by atoms with Crippen LogP contribution in [-0.4, -0.2) is 34.8 Å². The van der Waals surface area contributed by atoms with Gasteiger partial charge < -0.3 is 25.7 Å². The van der Waals surface area contributed by atoms with Crippen molar-refractivity contribution >= 4 is 28.5 Å². The van der Waals surface area contributed by atoms with E-state index in [1.807, 2.05) is 30.7 Å². The van der Waals surface area contributed by atoms with E-state index in [9.17, 15) is 4.79 Å². The third kappa shape index (κ3) is 2.43. The van der Waals surface area contributed by atoms with Gasteiger partial charge >= 0.3 is 6.09 Å². The van der Waals surface area contributed by atoms with Gasteiger partial charge in [0.1, 0.15) is 17.4 Å². The summed E-state index contributed by atoms with van der Waals surface area (Å²) in [5.74, 6) is 0.934. The number of primary amides is 1. The Kier molecular flexibility index (Phi) is 3.56. The fourth-order valence-corrected chi connectivity index (χ4v) is 3.11. The molecular weight excluding hydrogens is 282 g/mol. The molecule has 0 aliphatic carbocycles. The number of nitrogens with two attached hydrogens (primary N) is 2. The maximum Gasteiger partial charge on any atom is 0.404 e. The summed E-state index contributed by atoms with van der Waals surface area (Å²) in [5.41, 5.74) is 14.9. The lowest BCUT2D eigenvalue weighted by Crippen LogP contribution is -2.41. The quantitative estimate of drug-likeness (QED) is 0.820. The molecule has 1 saturated heterocycles. The number of anilines is 2. The molecule has 7 nitrogen and oxygen atoms in total. The molecule has 7 heteroatoms. The van der Waals surface area contributed by atoms with Crippen LogP contribution in [0.4, 0.5) is 16.2 Å². The van der Waals surface area contributed by atoms with Gasteiger partial charge in [-0.15, -0.1) is 0 Å². The molecule has 22 heavy (non-hydrogen) atoms. The van der Waals surface area contributed by atoms with Crippen molar-refractivity contribution in [2.75, 3.05) is 23.7 Å². The van der Waals surface area contributed by atoms with Gasteiger partial charge in [-0.2, -0.15) is 0 Å². The average molecular weight is 303 g/mol. The number of aryl methyl sites for hydroxylation is 2. The normalized spacial score (nSPS) is 18.6. The summed E-state index contributed by atoms with van der Waals surface area (Å²) < 4.78 is 7.20. The summed E-state index contributed by atoms with van der Waals surface area (Å²) in [7, 11) is 1.99. The van der Waals surface area contributed by atoms with Crippen molar-refractivity contribution in [1.82, 2.24) is 9.55 Å². The lowest BCUT2D eigenvalue weighted by Gasteiger charge is -2.34. The predicted molar refractivity (Wildman–Crippen MR) is 85.8 cm³/mol. The van der Waals surface area contributed by atoms with E-state index in [1.165, 1.54) is 0 Å². The summed E-state index contributed by atoms with van der Waals surface area (Å²) in [4.78, 5) is 17.8. The fourth-order valence-electron chi connectivity index (χ4n) is 3.11. The Bertz CT molecular complexity index is 724. The zero-order valence-electron chi connectivity index (χ0n) is 12.9. The third-order valence-corrected chi connectivity index (χ3v) is 4.26. The molecule has 3 rings (SSSR count). The summed E-state index contributed by atoms with van der Waals surface area (Å²) in [5, 5.41) is 0. The van der Waals surface area contributed by atoms with Crippen LogP contribution in [0.15, 0.2) is 12.1 Å². The number of amides is 1. The number of nitrogens with zero attached hydrogens (tertiary/aromatic N) is 3. The van der Waals surface area contributed by atoms with E-state index >= 15 is 0 Å². The molecule has 1 atom stereocenters. The van der Waals surface area contributed by atoms with E-state index in [0.29, 0.717) is 12.2 Å². The van der Waals surface area contributed by atoms with Crippen LogP contribution in [0.3, 0.4) is 0 Å². The number of aromatic nitrogens is 2. The maximum atomic E-state index is 11.0. The second-order valence-electron chi connectivity index (χ2n) is 5.74. The minimum Gasteiger partial charge on any atom is -0.445 e. The first-order valence-corrected chi connectivity index (χ1v) is 7.40. The topological polar surface area (TPSA) is 99.4 Å². The van der Waals surface area contributed by atoms with Gasteiger partial charge in [0.05, 0.1) is 23.4 Å². The van der Waals surface area contributed by atoms with Gasteiger partial charge in [0.25, 0.3) is 0 Å². The van der Waals surface area contributed by atoms with Crippen molar-refractivity contribution in [3.63, 3.8) is 0 Å². The Balaban J connectivity index is 2.00. The number of piperidine rings is 1. The number of rotatable bonds is 2. The highest BCUT2D eigenvalue weighted by molar-refractivity contribution is 5.96. The maximum absolute atomic E-state index is 11.0. The largest absolute Gasteiger partial charge is 0.445 e. The van der Waals surface area contributed by atoms with Crippen LogP contribution < -0.4 is 16.4 Å². The molecule has 1 aliphatic heterocycles. The van der Waals surface area contributed by atoms with Crippen LogP contribution in [0, 0.1) is 6.92 Å². The van der Waals surface area contributed by atoms with E-state index in [1.54, 1.807) is 0 Å². The Labute approximate surface area is 128 Å². The van der Waals surface area contributed by atoms with Crippen molar-refractivity contribution in [3.05, 3.63) is 18.0 Å². The predicted octanol–water partition coefficient (Wildman–Crippen LogP) is 1.53. The molecule has 1 aromatic heterocycles. The second kappa shape index (κ2) is 5.40. The number of nitrogen functional groups attached to an aromatic ring is 1. The summed E-state index contributed by atoms with van der Waals surface area (Å²) in [6.45, 7) is 3.41. The smallest absolute Gasteiger partial charge is 0.404 e. The van der Waals surface area contributed by atoms with E-state index < -0.39 is 6.09 Å². The Morgan fingerprint density at radius 1 is 1.45 bits per heavy atom. The highest BCUT2D eigenvalue weighted by atomic mass is 16.6. The van der Waals surface area contributed by atoms with Crippen molar-refractivity contribution in [2.45, 2.75) is 25.9 Å². The zero-order chi connectivity index (χ0) is 15.9. The number of ether oxygens (including phenoxy) is 1. The summed E-state index contributed by atoms with van der Waals surface area (Å²) in [6.07, 6.45) is 0.799. The highest BCUT2D eigenvalue weighted by Crippen LogP contribution is 2.34. The van der Waals surface area contributed by atoms with Crippen molar-refractivity contribution < 1.29 is 9.53 Å². The van der Waals surface area contributed by atoms with Crippen molar-refractivity contribution in [3.8, 4) is 0 Å². The van der Waals surface area contributed by atoms with Crippen LogP contribution in [0.1, 0.15) is 18.7 Å². The molecule has 1 fully saturated rings. The number of fused-ring (bicyclic) bond motifs is 1. The minimum absolute atomic E-state index is 0.203. The zero-order valence-corrected chi connectivity index (χ0v) is 12.9. The molecule has 2 aromatic rings. The van der Waals surface area contributed by atoms with Gasteiger partial charge in [0.2, 0.25) is 0 Å². The van der Waals surface area contributed by atoms with Gasteiger partial charge in [0.15, 0.2) is 0 Å². The van der Waals surface area contributed by atoms with Crippen molar-refractivity contribution in [2.24, 2.45) is 12.8 Å². The SMILES string of the molecule is Cc1nc2c(N3CCC[C@@H](OC(N)=O)C3)c(N)ccc2n1C. The van der Waals surface area contributed by atoms with Gasteiger partial charge in [-0.05, 0) is 31.9 Å². The van der Waals surface area contributed by atoms with Gasteiger partial charge in [0, 0.05) is 13.6 Å². The minimum atomic E-state index is -0.730. The molecule has 1 amide bonds. The first kappa shape index (κ1) is 14.5. The number of carbonyl (C=O) groups is 1. The molecule has 0 saturated carbocycles. The van der Waals surface area contributed by atoms with Crippen LogP contribution in [0.2, 0.25) is 0 Å². The van der Waals surface area contributed by atoms with E-state index in [-0.39, 0.29) is 6.10 Å². The Morgan fingerprint density at radius 3 is 2.95 bits per heavy atom. The number of hydrogen-bond acceptors (Lipinski definition) is 5. The Hall–Kier alpha value is -2.44. The second-order valence-corrected chi connectivity index (χ2v) is 5.74. The van der Waals surface area contributed by atoms with Gasteiger partial charge in [-0.25, -0.2) is 9.78 Å². The molecule has 1 aromatic carbocycles. The van der Waals surface area contributed by atoms with E-state index in [0.717, 1.165) is 41.9 Å².